The van der Waals surface area contributed by atoms with Crippen LogP contribution < -0.4 is 0 Å². The van der Waals surface area contributed by atoms with E-state index in [9.17, 15) is 3.08 Å². The van der Waals surface area contributed by atoms with E-state index in [-0.39, 0.29) is 0 Å². The van der Waals surface area contributed by atoms with E-state index in [2.05, 4.69) is 3.07 Å². The molecule has 0 unspecified atom stereocenters. The second-order valence-electron chi connectivity index (χ2n) is 1.03. The average molecular weight is 191 g/mol. The SMILES string of the molecule is [O]=[Sn]1[CH]=CC[O]1. The van der Waals surface area contributed by atoms with Crippen LogP contribution in [-0.2, 0) is 6.15 Å². The van der Waals surface area contributed by atoms with Crippen molar-refractivity contribution in [2.24, 2.45) is 0 Å². The minimum absolute atomic E-state index is 0.582. The van der Waals surface area contributed by atoms with Crippen LogP contribution in [0, 0.1) is 0 Å². The van der Waals surface area contributed by atoms with Crippen LogP contribution in [-0.4, -0.2) is 26.8 Å². The van der Waals surface area contributed by atoms with Crippen LogP contribution in [0.5, 0.6) is 0 Å². The van der Waals surface area contributed by atoms with E-state index in [1.807, 2.05) is 6.08 Å². The van der Waals surface area contributed by atoms with E-state index in [0.29, 0.717) is 6.61 Å². The van der Waals surface area contributed by atoms with Gasteiger partial charge in [-0.1, -0.05) is 0 Å². The Hall–Kier alpha value is 0.299. The van der Waals surface area contributed by atoms with E-state index in [0.717, 1.165) is 0 Å². The fourth-order valence-electron chi connectivity index (χ4n) is 0.323. The zero-order chi connectivity index (χ0) is 4.41. The van der Waals surface area contributed by atoms with Crippen molar-refractivity contribution >= 4 is 20.2 Å². The molecule has 32 valence electrons. The first-order chi connectivity index (χ1) is 2.89. The van der Waals surface area contributed by atoms with Crippen molar-refractivity contribution in [2.75, 3.05) is 6.61 Å². The molecule has 0 saturated carbocycles. The summed E-state index contributed by atoms with van der Waals surface area (Å²) < 4.78 is 16.6. The fourth-order valence-corrected chi connectivity index (χ4v) is 2.16. The second kappa shape index (κ2) is 1.84. The molecule has 0 spiro atoms. The molecule has 0 aromatic heterocycles. The first kappa shape index (κ1) is 4.46. The maximum atomic E-state index is 10.2. The third-order valence-electron chi connectivity index (χ3n) is 0.576. The standard InChI is InChI=1S/C3H4O.O.Sn/c1-2-3-4;;/h1-2H,3H2;;/q-1;;+1. The fraction of sp³-hybridized carbons (Fsp3) is 0.333. The first-order valence-electron chi connectivity index (χ1n) is 1.73. The summed E-state index contributed by atoms with van der Waals surface area (Å²) >= 11 is -2.44. The molecule has 1 heterocycles. The molecule has 0 amide bonds. The van der Waals surface area contributed by atoms with Crippen molar-refractivity contribution in [3.63, 3.8) is 0 Å². The summed E-state index contributed by atoms with van der Waals surface area (Å²) in [4.78, 5) is 0. The zero-order valence-electron chi connectivity index (χ0n) is 3.18. The Morgan fingerprint density at radius 2 is 2.67 bits per heavy atom. The van der Waals surface area contributed by atoms with Gasteiger partial charge in [0.1, 0.15) is 0 Å². The molecular formula is C3H4O2Sn. The summed E-state index contributed by atoms with van der Waals surface area (Å²) in [5.74, 6) is 0. The van der Waals surface area contributed by atoms with E-state index >= 15 is 0 Å². The van der Waals surface area contributed by atoms with Gasteiger partial charge in [-0.3, -0.25) is 0 Å². The van der Waals surface area contributed by atoms with Crippen molar-refractivity contribution in [1.82, 2.24) is 0 Å². The predicted molar refractivity (Wildman–Crippen MR) is 21.5 cm³/mol. The summed E-state index contributed by atoms with van der Waals surface area (Å²) in [5, 5.41) is 0. The Morgan fingerprint density at radius 1 is 1.83 bits per heavy atom. The van der Waals surface area contributed by atoms with Crippen LogP contribution in [0.4, 0.5) is 0 Å². The Balaban J connectivity index is 2.59. The van der Waals surface area contributed by atoms with Gasteiger partial charge in [-0.15, -0.1) is 0 Å². The monoisotopic (exact) mass is 192 g/mol. The first-order valence-corrected chi connectivity index (χ1v) is 5.71. The summed E-state index contributed by atoms with van der Waals surface area (Å²) in [6.45, 7) is 0.582. The maximum absolute atomic E-state index is 10.2. The van der Waals surface area contributed by atoms with Crippen LogP contribution in [0.2, 0.25) is 0 Å². The van der Waals surface area contributed by atoms with Gasteiger partial charge in [-0.25, -0.2) is 0 Å². The van der Waals surface area contributed by atoms with Crippen molar-refractivity contribution in [3.05, 3.63) is 10.2 Å². The Kier molecular flexibility index (Phi) is 1.37. The molecule has 0 saturated heterocycles. The van der Waals surface area contributed by atoms with Crippen LogP contribution in [0.1, 0.15) is 0 Å². The number of rotatable bonds is 0. The Bertz CT molecular complexity index is 97.0. The van der Waals surface area contributed by atoms with Crippen LogP contribution in [0.25, 0.3) is 0 Å². The Labute approximate surface area is 43.5 Å². The molecule has 0 atom stereocenters. The van der Waals surface area contributed by atoms with Gasteiger partial charge in [-0.05, 0) is 0 Å². The van der Waals surface area contributed by atoms with Gasteiger partial charge in [-0.2, -0.15) is 0 Å². The Morgan fingerprint density at radius 3 is 2.83 bits per heavy atom. The molecule has 6 heavy (non-hydrogen) atoms. The third kappa shape index (κ3) is 0.878. The van der Waals surface area contributed by atoms with Gasteiger partial charge < -0.3 is 0 Å². The van der Waals surface area contributed by atoms with E-state index in [1.54, 1.807) is 4.09 Å². The molecule has 1 aliphatic heterocycles. The molecule has 0 aromatic carbocycles. The molecule has 1 aliphatic rings. The summed E-state index contributed by atoms with van der Waals surface area (Å²) in [5.41, 5.74) is 0. The number of hydrogen-bond acceptors (Lipinski definition) is 2. The summed E-state index contributed by atoms with van der Waals surface area (Å²) in [6.07, 6.45) is 1.81. The predicted octanol–water partition coefficient (Wildman–Crippen LogP) is 0.0307. The third-order valence-corrected chi connectivity index (χ3v) is 3.31. The molecule has 0 aliphatic carbocycles. The van der Waals surface area contributed by atoms with Crippen molar-refractivity contribution < 1.29 is 6.15 Å². The molecule has 0 bridgehead atoms. The van der Waals surface area contributed by atoms with Gasteiger partial charge in [0.25, 0.3) is 0 Å². The molecule has 0 fully saturated rings. The second-order valence-corrected chi connectivity index (χ2v) is 4.63. The zero-order valence-corrected chi connectivity index (χ0v) is 6.03. The van der Waals surface area contributed by atoms with Crippen LogP contribution in [0.15, 0.2) is 10.2 Å². The van der Waals surface area contributed by atoms with Gasteiger partial charge in [0, 0.05) is 0 Å². The van der Waals surface area contributed by atoms with E-state index in [1.165, 1.54) is 0 Å². The summed E-state index contributed by atoms with van der Waals surface area (Å²) in [7, 11) is 0. The average Bonchev–Trinajstić information content (AvgIpc) is 1.86. The van der Waals surface area contributed by atoms with Crippen molar-refractivity contribution in [2.45, 2.75) is 0 Å². The van der Waals surface area contributed by atoms with Gasteiger partial charge >= 0.3 is 43.1 Å². The van der Waals surface area contributed by atoms with Crippen molar-refractivity contribution in [1.29, 1.82) is 0 Å². The summed E-state index contributed by atoms with van der Waals surface area (Å²) in [6, 6.07) is 0. The molecule has 0 radical (unpaired) electrons. The molecule has 3 heteroatoms. The van der Waals surface area contributed by atoms with E-state index in [4.69, 9.17) is 0 Å². The topological polar surface area (TPSA) is 26.3 Å². The van der Waals surface area contributed by atoms with Crippen molar-refractivity contribution in [3.8, 4) is 0 Å². The normalized spacial score (nSPS) is 19.7. The van der Waals surface area contributed by atoms with E-state index < -0.39 is 20.2 Å². The number of hydrogen-bond donors (Lipinski definition) is 0. The quantitative estimate of drug-likeness (QED) is 0.504. The van der Waals surface area contributed by atoms with Gasteiger partial charge in [0.2, 0.25) is 0 Å². The molecule has 0 aromatic rings. The van der Waals surface area contributed by atoms with Gasteiger partial charge in [0.05, 0.1) is 0 Å². The van der Waals surface area contributed by atoms with Crippen LogP contribution >= 0.6 is 0 Å². The van der Waals surface area contributed by atoms with Crippen LogP contribution in [0.3, 0.4) is 0 Å². The molecule has 2 nitrogen and oxygen atoms in total. The minimum atomic E-state index is -2.44. The van der Waals surface area contributed by atoms with Gasteiger partial charge in [0.15, 0.2) is 0 Å². The molecule has 1 rings (SSSR count). The molecular weight excluding hydrogens is 187 g/mol. The molecule has 0 N–H and O–H groups in total.